The summed E-state index contributed by atoms with van der Waals surface area (Å²) in [6, 6.07) is 13.4. The molecule has 0 aliphatic rings. The molecule has 0 atom stereocenters. The molecule has 1 heterocycles. The van der Waals surface area contributed by atoms with E-state index in [0.717, 1.165) is 0 Å². The smallest absolute Gasteiger partial charge is 0.270 e. The van der Waals surface area contributed by atoms with Crippen LogP contribution < -0.4 is 10.3 Å². The third-order valence-corrected chi connectivity index (χ3v) is 3.79. The number of nitrogens with one attached hydrogen (secondary N) is 1. The van der Waals surface area contributed by atoms with Gasteiger partial charge in [0.05, 0.1) is 5.69 Å². The Morgan fingerprint density at radius 3 is 2.79 bits per heavy atom. The van der Waals surface area contributed by atoms with Gasteiger partial charge in [0.15, 0.2) is 0 Å². The van der Waals surface area contributed by atoms with E-state index >= 15 is 0 Å². The van der Waals surface area contributed by atoms with Gasteiger partial charge in [-0.2, -0.15) is 0 Å². The lowest BCUT2D eigenvalue weighted by Crippen LogP contribution is -2.11. The van der Waals surface area contributed by atoms with Crippen molar-refractivity contribution in [3.05, 3.63) is 81.1 Å². The van der Waals surface area contributed by atoms with Crippen LogP contribution >= 0.6 is 11.6 Å². The molecule has 0 spiro atoms. The third kappa shape index (κ3) is 3.46. The number of benzene rings is 2. The summed E-state index contributed by atoms with van der Waals surface area (Å²) in [5.74, 6) is 0.687. The van der Waals surface area contributed by atoms with E-state index in [4.69, 9.17) is 16.3 Å². The summed E-state index contributed by atoms with van der Waals surface area (Å²) >= 11 is 6.05. The average Bonchev–Trinajstić information content (AvgIpc) is 2.57. The molecule has 0 amide bonds. The molecule has 24 heavy (non-hydrogen) atoms. The Bertz CT molecular complexity index is 940. The highest BCUT2D eigenvalue weighted by Crippen LogP contribution is 2.26. The molecule has 0 bridgehead atoms. The highest BCUT2D eigenvalue weighted by Gasteiger charge is 2.11. The second-order valence-electron chi connectivity index (χ2n) is 5.22. The van der Waals surface area contributed by atoms with E-state index < -0.39 is 5.56 Å². The van der Waals surface area contributed by atoms with Gasteiger partial charge in [-0.25, -0.2) is 9.37 Å². The topological polar surface area (TPSA) is 55.0 Å². The van der Waals surface area contributed by atoms with E-state index in [2.05, 4.69) is 9.97 Å². The van der Waals surface area contributed by atoms with E-state index in [1.807, 2.05) is 0 Å². The Morgan fingerprint density at radius 2 is 2.00 bits per heavy atom. The van der Waals surface area contributed by atoms with E-state index in [1.165, 1.54) is 6.07 Å². The van der Waals surface area contributed by atoms with Crippen molar-refractivity contribution in [1.82, 2.24) is 9.97 Å². The van der Waals surface area contributed by atoms with Crippen LogP contribution in [0.1, 0.15) is 11.4 Å². The number of rotatable bonds is 4. The van der Waals surface area contributed by atoms with Crippen LogP contribution in [0.4, 0.5) is 4.39 Å². The van der Waals surface area contributed by atoms with Crippen LogP contribution in [-0.2, 0) is 6.61 Å². The van der Waals surface area contributed by atoms with Crippen LogP contribution in [0.15, 0.2) is 53.3 Å². The van der Waals surface area contributed by atoms with Crippen LogP contribution in [0, 0.1) is 12.7 Å². The number of aryl methyl sites for hydroxylation is 1. The largest absolute Gasteiger partial charge is 0.489 e. The first-order chi connectivity index (χ1) is 11.5. The van der Waals surface area contributed by atoms with E-state index in [9.17, 15) is 9.18 Å². The molecule has 122 valence electrons. The molecule has 0 saturated heterocycles. The lowest BCUT2D eigenvalue weighted by Gasteiger charge is -2.09. The first kappa shape index (κ1) is 16.2. The first-order valence-corrected chi connectivity index (χ1v) is 7.65. The van der Waals surface area contributed by atoms with Crippen molar-refractivity contribution in [2.45, 2.75) is 13.5 Å². The molecule has 0 fully saturated rings. The van der Waals surface area contributed by atoms with E-state index in [-0.39, 0.29) is 17.4 Å². The number of hydrogen-bond donors (Lipinski definition) is 1. The Kier molecular flexibility index (Phi) is 4.62. The highest BCUT2D eigenvalue weighted by molar-refractivity contribution is 6.32. The molecule has 2 aromatic carbocycles. The molecule has 0 radical (unpaired) electrons. The summed E-state index contributed by atoms with van der Waals surface area (Å²) in [5, 5.41) is 0.0202. The van der Waals surface area contributed by atoms with Gasteiger partial charge in [-0.3, -0.25) is 4.79 Å². The number of aromatic amines is 1. The molecular weight excluding hydrogens is 331 g/mol. The predicted octanol–water partition coefficient (Wildman–Crippen LogP) is 4.12. The average molecular weight is 345 g/mol. The van der Waals surface area contributed by atoms with Crippen LogP contribution in [0.5, 0.6) is 5.75 Å². The molecule has 0 unspecified atom stereocenters. The first-order valence-electron chi connectivity index (χ1n) is 7.27. The zero-order chi connectivity index (χ0) is 17.1. The Hall–Kier alpha value is -2.66. The maximum Gasteiger partial charge on any atom is 0.270 e. The van der Waals surface area contributed by atoms with Crippen molar-refractivity contribution < 1.29 is 9.13 Å². The van der Waals surface area contributed by atoms with Gasteiger partial charge in [0, 0.05) is 11.1 Å². The fourth-order valence-electron chi connectivity index (χ4n) is 2.27. The van der Waals surface area contributed by atoms with Gasteiger partial charge in [-0.05, 0) is 25.1 Å². The number of halogens is 2. The SMILES string of the molecule is Cc1nc(-c2cccc(OCc3ccccc3F)c2)c(Cl)c(=O)[nH]1. The van der Waals surface area contributed by atoms with Gasteiger partial charge in [0.1, 0.15) is 29.0 Å². The number of aromatic nitrogens is 2. The second-order valence-corrected chi connectivity index (χ2v) is 5.60. The summed E-state index contributed by atoms with van der Waals surface area (Å²) in [6.45, 7) is 1.78. The molecule has 3 rings (SSSR count). The molecule has 1 aromatic heterocycles. The molecule has 0 aliphatic heterocycles. The van der Waals surface area contributed by atoms with Gasteiger partial charge in [-0.15, -0.1) is 0 Å². The summed E-state index contributed by atoms with van der Waals surface area (Å²) in [6.07, 6.45) is 0. The van der Waals surface area contributed by atoms with Gasteiger partial charge in [0.25, 0.3) is 5.56 Å². The van der Waals surface area contributed by atoms with Crippen molar-refractivity contribution >= 4 is 11.6 Å². The molecule has 0 aliphatic carbocycles. The quantitative estimate of drug-likeness (QED) is 0.774. The fraction of sp³-hybridized carbons (Fsp3) is 0.111. The summed E-state index contributed by atoms with van der Waals surface area (Å²) in [4.78, 5) is 18.6. The van der Waals surface area contributed by atoms with Crippen LogP contribution in [-0.4, -0.2) is 9.97 Å². The number of nitrogens with zero attached hydrogens (tertiary/aromatic N) is 1. The Morgan fingerprint density at radius 1 is 1.21 bits per heavy atom. The van der Waals surface area contributed by atoms with E-state index in [0.29, 0.717) is 28.4 Å². The van der Waals surface area contributed by atoms with Gasteiger partial charge in [0.2, 0.25) is 0 Å². The zero-order valence-electron chi connectivity index (χ0n) is 12.8. The molecule has 4 nitrogen and oxygen atoms in total. The molecule has 3 aromatic rings. The highest BCUT2D eigenvalue weighted by atomic mass is 35.5. The standard InChI is InChI=1S/C18H14ClFN2O2/c1-11-21-17(16(19)18(23)22-11)12-6-4-7-14(9-12)24-10-13-5-2-3-8-15(13)20/h2-9H,10H2,1H3,(H,21,22,23). The number of hydrogen-bond acceptors (Lipinski definition) is 3. The zero-order valence-corrected chi connectivity index (χ0v) is 13.6. The molecular formula is C18H14ClFN2O2. The normalized spacial score (nSPS) is 10.6. The summed E-state index contributed by atoms with van der Waals surface area (Å²) < 4.78 is 19.3. The van der Waals surface area contributed by atoms with Crippen molar-refractivity contribution in [2.24, 2.45) is 0 Å². The Balaban J connectivity index is 1.88. The van der Waals surface area contributed by atoms with Crippen LogP contribution in [0.2, 0.25) is 5.02 Å². The van der Waals surface area contributed by atoms with Crippen LogP contribution in [0.3, 0.4) is 0 Å². The lowest BCUT2D eigenvalue weighted by atomic mass is 10.1. The third-order valence-electron chi connectivity index (χ3n) is 3.44. The number of ether oxygens (including phenoxy) is 1. The Labute approximate surface area is 142 Å². The van der Waals surface area contributed by atoms with Crippen molar-refractivity contribution in [1.29, 1.82) is 0 Å². The molecule has 1 N–H and O–H groups in total. The lowest BCUT2D eigenvalue weighted by molar-refractivity contribution is 0.300. The minimum atomic E-state index is -0.392. The van der Waals surface area contributed by atoms with Gasteiger partial charge in [-0.1, -0.05) is 41.9 Å². The maximum atomic E-state index is 13.6. The number of H-pyrrole nitrogens is 1. The summed E-state index contributed by atoms with van der Waals surface area (Å²) in [5.41, 5.74) is 1.11. The van der Waals surface area contributed by atoms with E-state index in [1.54, 1.807) is 49.4 Å². The van der Waals surface area contributed by atoms with Crippen molar-refractivity contribution in [3.8, 4) is 17.0 Å². The molecule has 0 saturated carbocycles. The monoisotopic (exact) mass is 344 g/mol. The van der Waals surface area contributed by atoms with Crippen molar-refractivity contribution in [2.75, 3.05) is 0 Å². The minimum Gasteiger partial charge on any atom is -0.489 e. The van der Waals surface area contributed by atoms with Crippen molar-refractivity contribution in [3.63, 3.8) is 0 Å². The predicted molar refractivity (Wildman–Crippen MR) is 90.8 cm³/mol. The minimum absolute atomic E-state index is 0.0202. The molecule has 6 heteroatoms. The second kappa shape index (κ2) is 6.84. The summed E-state index contributed by atoms with van der Waals surface area (Å²) in [7, 11) is 0. The fourth-order valence-corrected chi connectivity index (χ4v) is 2.47. The van der Waals surface area contributed by atoms with Gasteiger partial charge >= 0.3 is 0 Å². The maximum absolute atomic E-state index is 13.6. The van der Waals surface area contributed by atoms with Crippen LogP contribution in [0.25, 0.3) is 11.3 Å². The van der Waals surface area contributed by atoms with Gasteiger partial charge < -0.3 is 9.72 Å².